The zero-order chi connectivity index (χ0) is 16.2. The van der Waals surface area contributed by atoms with Crippen LogP contribution in [0.1, 0.15) is 17.3 Å². The van der Waals surface area contributed by atoms with Crippen molar-refractivity contribution in [3.05, 3.63) is 33.9 Å². The van der Waals surface area contributed by atoms with Gasteiger partial charge in [-0.15, -0.1) is 0 Å². The average Bonchev–Trinajstić information content (AvgIpc) is 2.35. The van der Waals surface area contributed by atoms with Gasteiger partial charge in [-0.3, -0.25) is 14.9 Å². The van der Waals surface area contributed by atoms with Crippen molar-refractivity contribution in [3.63, 3.8) is 0 Å². The SMILES string of the molecule is CNC(=O)c1ccc(NC(C)CS(C)(=O)=O)c([N+](=O)[O-])c1. The summed E-state index contributed by atoms with van der Waals surface area (Å²) in [6.07, 6.45) is 1.09. The van der Waals surface area contributed by atoms with Crippen molar-refractivity contribution in [3.8, 4) is 0 Å². The number of hydrogen-bond acceptors (Lipinski definition) is 6. The highest BCUT2D eigenvalue weighted by molar-refractivity contribution is 7.90. The molecular weight excluding hydrogens is 298 g/mol. The molecule has 0 saturated carbocycles. The number of carbonyl (C=O) groups is 1. The standard InChI is InChI=1S/C12H17N3O5S/c1-8(7-21(3,19)20)14-10-5-4-9(12(16)13-2)6-11(10)15(17)18/h4-6,8,14H,7H2,1-3H3,(H,13,16). The minimum Gasteiger partial charge on any atom is -0.376 e. The van der Waals surface area contributed by atoms with Crippen LogP contribution in [-0.2, 0) is 9.84 Å². The number of sulfone groups is 1. The number of anilines is 1. The Bertz CT molecular complexity index is 657. The fourth-order valence-electron chi connectivity index (χ4n) is 1.85. The molecule has 1 unspecified atom stereocenters. The second-order valence-electron chi connectivity index (χ2n) is 4.71. The number of nitrogens with zero attached hydrogens (tertiary/aromatic N) is 1. The van der Waals surface area contributed by atoms with Crippen LogP contribution >= 0.6 is 0 Å². The molecule has 1 aromatic carbocycles. The number of benzene rings is 1. The molecule has 1 atom stereocenters. The van der Waals surface area contributed by atoms with E-state index in [1.54, 1.807) is 6.92 Å². The maximum atomic E-state index is 11.5. The minimum atomic E-state index is -3.20. The monoisotopic (exact) mass is 315 g/mol. The van der Waals surface area contributed by atoms with E-state index in [0.717, 1.165) is 12.3 Å². The van der Waals surface area contributed by atoms with Gasteiger partial charge in [0.2, 0.25) is 0 Å². The number of nitro benzene ring substituents is 1. The number of nitro groups is 1. The van der Waals surface area contributed by atoms with Crippen LogP contribution < -0.4 is 10.6 Å². The Morgan fingerprint density at radius 1 is 1.43 bits per heavy atom. The summed E-state index contributed by atoms with van der Waals surface area (Å²) in [5, 5.41) is 16.2. The molecule has 0 radical (unpaired) electrons. The maximum Gasteiger partial charge on any atom is 0.293 e. The molecule has 0 heterocycles. The molecule has 1 amide bonds. The summed E-state index contributed by atoms with van der Waals surface area (Å²) in [6, 6.07) is 3.47. The lowest BCUT2D eigenvalue weighted by Crippen LogP contribution is -2.25. The fraction of sp³-hybridized carbons (Fsp3) is 0.417. The van der Waals surface area contributed by atoms with Crippen LogP contribution in [0, 0.1) is 10.1 Å². The van der Waals surface area contributed by atoms with E-state index in [1.165, 1.54) is 19.2 Å². The molecule has 0 fully saturated rings. The summed E-state index contributed by atoms with van der Waals surface area (Å²) in [5.74, 6) is -0.588. The first kappa shape index (κ1) is 16.9. The highest BCUT2D eigenvalue weighted by Gasteiger charge is 2.19. The Balaban J connectivity index is 3.07. The van der Waals surface area contributed by atoms with Gasteiger partial charge in [0, 0.05) is 31.0 Å². The van der Waals surface area contributed by atoms with Gasteiger partial charge in [0.15, 0.2) is 0 Å². The van der Waals surface area contributed by atoms with Crippen molar-refractivity contribution in [2.24, 2.45) is 0 Å². The molecule has 0 bridgehead atoms. The van der Waals surface area contributed by atoms with Crippen LogP contribution in [0.2, 0.25) is 0 Å². The molecule has 9 heteroatoms. The molecule has 0 aliphatic heterocycles. The highest BCUT2D eigenvalue weighted by atomic mass is 32.2. The normalized spacial score (nSPS) is 12.5. The lowest BCUT2D eigenvalue weighted by atomic mass is 10.1. The van der Waals surface area contributed by atoms with Crippen LogP contribution in [0.4, 0.5) is 11.4 Å². The summed E-state index contributed by atoms with van der Waals surface area (Å²) in [6.45, 7) is 1.61. The third-order valence-electron chi connectivity index (χ3n) is 2.64. The second-order valence-corrected chi connectivity index (χ2v) is 6.89. The molecule has 1 rings (SSSR count). The average molecular weight is 315 g/mol. The first-order chi connectivity index (χ1) is 9.64. The van der Waals surface area contributed by atoms with Gasteiger partial charge in [-0.2, -0.15) is 0 Å². The lowest BCUT2D eigenvalue weighted by molar-refractivity contribution is -0.384. The molecule has 0 aliphatic rings. The van der Waals surface area contributed by atoms with E-state index >= 15 is 0 Å². The van der Waals surface area contributed by atoms with Crippen molar-refractivity contribution >= 4 is 27.1 Å². The molecule has 1 aromatic rings. The molecule has 8 nitrogen and oxygen atoms in total. The first-order valence-electron chi connectivity index (χ1n) is 6.09. The summed E-state index contributed by atoms with van der Waals surface area (Å²) in [4.78, 5) is 21.9. The van der Waals surface area contributed by atoms with Crippen LogP contribution in [-0.4, -0.2) is 44.3 Å². The summed E-state index contributed by atoms with van der Waals surface area (Å²) >= 11 is 0. The molecule has 0 aromatic heterocycles. The quantitative estimate of drug-likeness (QED) is 0.592. The van der Waals surface area contributed by atoms with E-state index in [4.69, 9.17) is 0 Å². The topological polar surface area (TPSA) is 118 Å². The van der Waals surface area contributed by atoms with Crippen LogP contribution in [0.3, 0.4) is 0 Å². The number of nitrogens with one attached hydrogen (secondary N) is 2. The van der Waals surface area contributed by atoms with E-state index < -0.39 is 26.7 Å². The predicted molar refractivity (Wildman–Crippen MR) is 79.3 cm³/mol. The molecule has 0 aliphatic carbocycles. The summed E-state index contributed by atoms with van der Waals surface area (Å²) < 4.78 is 22.4. The van der Waals surface area contributed by atoms with E-state index in [1.807, 2.05) is 0 Å². The number of carbonyl (C=O) groups excluding carboxylic acids is 1. The van der Waals surface area contributed by atoms with Gasteiger partial charge in [0.05, 0.1) is 10.7 Å². The molecule has 21 heavy (non-hydrogen) atoms. The Morgan fingerprint density at radius 2 is 2.05 bits per heavy atom. The number of hydrogen-bond donors (Lipinski definition) is 2. The van der Waals surface area contributed by atoms with Gasteiger partial charge in [-0.1, -0.05) is 0 Å². The van der Waals surface area contributed by atoms with Crippen LogP contribution in [0.25, 0.3) is 0 Å². The van der Waals surface area contributed by atoms with Crippen molar-refractivity contribution in [1.29, 1.82) is 0 Å². The van der Waals surface area contributed by atoms with E-state index in [9.17, 15) is 23.3 Å². The Morgan fingerprint density at radius 3 is 2.52 bits per heavy atom. The van der Waals surface area contributed by atoms with Gasteiger partial charge in [0.1, 0.15) is 15.5 Å². The smallest absolute Gasteiger partial charge is 0.293 e. The van der Waals surface area contributed by atoms with Crippen molar-refractivity contribution < 1.29 is 18.1 Å². The predicted octanol–water partition coefficient (Wildman–Crippen LogP) is 0.799. The van der Waals surface area contributed by atoms with E-state index in [-0.39, 0.29) is 22.7 Å². The summed E-state index contributed by atoms with van der Waals surface area (Å²) in [5.41, 5.74) is 0.0470. The molecular formula is C12H17N3O5S. The first-order valence-corrected chi connectivity index (χ1v) is 8.15. The zero-order valence-electron chi connectivity index (χ0n) is 11.9. The van der Waals surface area contributed by atoms with Gasteiger partial charge >= 0.3 is 0 Å². The second kappa shape index (κ2) is 6.53. The third-order valence-corrected chi connectivity index (χ3v) is 3.74. The third kappa shape index (κ3) is 5.03. The van der Waals surface area contributed by atoms with Crippen molar-refractivity contribution in [2.75, 3.05) is 24.4 Å². The van der Waals surface area contributed by atoms with Crippen LogP contribution in [0.5, 0.6) is 0 Å². The maximum absolute atomic E-state index is 11.5. The number of amides is 1. The Labute approximate surface area is 122 Å². The molecule has 0 spiro atoms. The van der Waals surface area contributed by atoms with Crippen LogP contribution in [0.15, 0.2) is 18.2 Å². The largest absolute Gasteiger partial charge is 0.376 e. The van der Waals surface area contributed by atoms with Gasteiger partial charge in [-0.25, -0.2) is 8.42 Å². The highest BCUT2D eigenvalue weighted by Crippen LogP contribution is 2.26. The summed E-state index contributed by atoms with van der Waals surface area (Å²) in [7, 11) is -1.77. The van der Waals surface area contributed by atoms with E-state index in [0.29, 0.717) is 0 Å². The number of rotatable bonds is 6. The Hall–Kier alpha value is -2.16. The molecule has 2 N–H and O–H groups in total. The Kier molecular flexibility index (Phi) is 5.25. The van der Waals surface area contributed by atoms with Crippen molar-refractivity contribution in [2.45, 2.75) is 13.0 Å². The van der Waals surface area contributed by atoms with Gasteiger partial charge in [0.25, 0.3) is 11.6 Å². The fourth-order valence-corrected chi connectivity index (χ4v) is 2.84. The molecule has 116 valence electrons. The van der Waals surface area contributed by atoms with Gasteiger partial charge < -0.3 is 10.6 Å². The zero-order valence-corrected chi connectivity index (χ0v) is 12.7. The molecule has 0 saturated heterocycles. The van der Waals surface area contributed by atoms with E-state index in [2.05, 4.69) is 10.6 Å². The minimum absolute atomic E-state index is 0.151. The van der Waals surface area contributed by atoms with Gasteiger partial charge in [-0.05, 0) is 19.1 Å². The lowest BCUT2D eigenvalue weighted by Gasteiger charge is -2.14. The van der Waals surface area contributed by atoms with Crippen molar-refractivity contribution in [1.82, 2.24) is 5.32 Å².